The van der Waals surface area contributed by atoms with E-state index in [0.717, 1.165) is 0 Å². The molecule has 2 rings (SSSR count). The van der Waals surface area contributed by atoms with Crippen LogP contribution in [0.4, 0.5) is 5.82 Å². The minimum absolute atomic E-state index is 0.0484. The predicted octanol–water partition coefficient (Wildman–Crippen LogP) is 1.98. The van der Waals surface area contributed by atoms with Crippen molar-refractivity contribution in [2.45, 2.75) is 17.1 Å². The quantitative estimate of drug-likeness (QED) is 0.730. The number of hydrogen-bond donors (Lipinski definition) is 1. The maximum atomic E-state index is 11.9. The predicted molar refractivity (Wildman–Crippen MR) is 59.4 cm³/mol. The summed E-state index contributed by atoms with van der Waals surface area (Å²) in [6.45, 7) is 1.94. The molecule has 0 saturated carbocycles. The van der Waals surface area contributed by atoms with Gasteiger partial charge in [-0.15, -0.1) is 0 Å². The molecule has 1 N–H and O–H groups in total. The molecule has 0 saturated heterocycles. The molecule has 15 heavy (non-hydrogen) atoms. The van der Waals surface area contributed by atoms with Crippen LogP contribution >= 0.6 is 23.2 Å². The van der Waals surface area contributed by atoms with Crippen molar-refractivity contribution in [3.8, 4) is 0 Å². The fourth-order valence-electron chi connectivity index (χ4n) is 1.41. The molecule has 0 amide bonds. The molecule has 0 radical (unpaired) electrons. The minimum Gasteiger partial charge on any atom is -0.368 e. The van der Waals surface area contributed by atoms with Crippen LogP contribution in [0.15, 0.2) is 11.0 Å². The van der Waals surface area contributed by atoms with Crippen molar-refractivity contribution >= 4 is 38.9 Å². The van der Waals surface area contributed by atoms with Crippen molar-refractivity contribution in [1.29, 1.82) is 0 Å². The van der Waals surface area contributed by atoms with E-state index in [1.165, 1.54) is 6.07 Å². The number of pyridine rings is 1. The molecule has 0 bridgehead atoms. The summed E-state index contributed by atoms with van der Waals surface area (Å²) < 4.78 is 23.9. The van der Waals surface area contributed by atoms with E-state index in [4.69, 9.17) is 23.2 Å². The SMILES string of the molecule is CC1CNc2nc(Cl)cc(Cl)c2S1(=O)=O. The van der Waals surface area contributed by atoms with Crippen molar-refractivity contribution in [3.63, 3.8) is 0 Å². The largest absolute Gasteiger partial charge is 0.368 e. The molecule has 0 aromatic carbocycles. The fraction of sp³-hybridized carbons (Fsp3) is 0.375. The first kappa shape index (κ1) is 11.0. The van der Waals surface area contributed by atoms with Gasteiger partial charge in [0.1, 0.15) is 15.9 Å². The molecule has 4 nitrogen and oxygen atoms in total. The van der Waals surface area contributed by atoms with Gasteiger partial charge in [0.05, 0.1) is 10.3 Å². The first-order valence-corrected chi connectivity index (χ1v) is 6.57. The van der Waals surface area contributed by atoms with Crippen LogP contribution in [0.2, 0.25) is 10.2 Å². The summed E-state index contributed by atoms with van der Waals surface area (Å²) in [5.41, 5.74) is 0. The molecule has 0 aliphatic carbocycles. The van der Waals surface area contributed by atoms with Crippen LogP contribution in [0.25, 0.3) is 0 Å². The van der Waals surface area contributed by atoms with E-state index in [1.54, 1.807) is 6.92 Å². The van der Waals surface area contributed by atoms with Gasteiger partial charge in [-0.2, -0.15) is 0 Å². The Morgan fingerprint density at radius 3 is 2.87 bits per heavy atom. The van der Waals surface area contributed by atoms with Gasteiger partial charge in [0.15, 0.2) is 9.84 Å². The molecule has 1 atom stereocenters. The third-order valence-corrected chi connectivity index (χ3v) is 5.08. The Kier molecular flexibility index (Phi) is 2.56. The zero-order valence-corrected chi connectivity index (χ0v) is 10.1. The van der Waals surface area contributed by atoms with Crippen molar-refractivity contribution in [1.82, 2.24) is 4.98 Å². The number of fused-ring (bicyclic) bond motifs is 1. The Labute approximate surface area is 97.5 Å². The Bertz CT molecular complexity index is 516. The fourth-order valence-corrected chi connectivity index (χ4v) is 3.60. The Morgan fingerprint density at radius 1 is 1.53 bits per heavy atom. The number of rotatable bonds is 0. The van der Waals surface area contributed by atoms with E-state index in [1.807, 2.05) is 0 Å². The van der Waals surface area contributed by atoms with Crippen molar-refractivity contribution in [2.75, 3.05) is 11.9 Å². The van der Waals surface area contributed by atoms with Crippen LogP contribution in [0.1, 0.15) is 6.92 Å². The monoisotopic (exact) mass is 266 g/mol. The van der Waals surface area contributed by atoms with Gasteiger partial charge in [0.2, 0.25) is 0 Å². The van der Waals surface area contributed by atoms with Gasteiger partial charge in [0, 0.05) is 6.54 Å². The molecule has 7 heteroatoms. The molecule has 1 unspecified atom stereocenters. The average Bonchev–Trinajstić information content (AvgIpc) is 2.10. The number of nitrogens with zero attached hydrogens (tertiary/aromatic N) is 1. The Morgan fingerprint density at radius 2 is 2.20 bits per heavy atom. The van der Waals surface area contributed by atoms with Gasteiger partial charge in [-0.25, -0.2) is 13.4 Å². The van der Waals surface area contributed by atoms with Gasteiger partial charge < -0.3 is 5.32 Å². The minimum atomic E-state index is -3.38. The second kappa shape index (κ2) is 3.50. The summed E-state index contributed by atoms with van der Waals surface area (Å²) in [5, 5.41) is 2.67. The van der Waals surface area contributed by atoms with E-state index in [9.17, 15) is 8.42 Å². The summed E-state index contributed by atoms with van der Waals surface area (Å²) in [6.07, 6.45) is 0. The van der Waals surface area contributed by atoms with E-state index < -0.39 is 15.1 Å². The zero-order chi connectivity index (χ0) is 11.2. The number of anilines is 1. The molecule has 2 heterocycles. The molecule has 82 valence electrons. The summed E-state index contributed by atoms with van der Waals surface area (Å²) >= 11 is 11.5. The van der Waals surface area contributed by atoms with Crippen LogP contribution in [-0.2, 0) is 9.84 Å². The summed E-state index contributed by atoms with van der Waals surface area (Å²) in [7, 11) is -3.38. The molecule has 1 aromatic rings. The molecule has 0 fully saturated rings. The van der Waals surface area contributed by atoms with Crippen molar-refractivity contribution in [3.05, 3.63) is 16.2 Å². The number of aromatic nitrogens is 1. The second-order valence-corrected chi connectivity index (χ2v) is 6.44. The zero-order valence-electron chi connectivity index (χ0n) is 7.79. The summed E-state index contributed by atoms with van der Waals surface area (Å²) in [4.78, 5) is 3.94. The van der Waals surface area contributed by atoms with Gasteiger partial charge >= 0.3 is 0 Å². The third kappa shape index (κ3) is 1.68. The third-order valence-electron chi connectivity index (χ3n) is 2.27. The summed E-state index contributed by atoms with van der Waals surface area (Å²) in [6, 6.07) is 1.33. The van der Waals surface area contributed by atoms with E-state index in [2.05, 4.69) is 10.3 Å². The number of halogens is 2. The smallest absolute Gasteiger partial charge is 0.187 e. The Balaban J connectivity index is 2.75. The average molecular weight is 267 g/mol. The lowest BCUT2D eigenvalue weighted by atomic mass is 10.4. The molecule has 0 spiro atoms. The normalized spacial score (nSPS) is 23.0. The van der Waals surface area contributed by atoms with Crippen LogP contribution in [0.5, 0.6) is 0 Å². The maximum absolute atomic E-state index is 11.9. The lowest BCUT2D eigenvalue weighted by molar-refractivity contribution is 0.582. The highest BCUT2D eigenvalue weighted by atomic mass is 35.5. The molecule has 1 aliphatic heterocycles. The van der Waals surface area contributed by atoms with Gasteiger partial charge in [0.25, 0.3) is 0 Å². The maximum Gasteiger partial charge on any atom is 0.187 e. The van der Waals surface area contributed by atoms with Crippen LogP contribution < -0.4 is 5.32 Å². The van der Waals surface area contributed by atoms with Gasteiger partial charge in [-0.05, 0) is 13.0 Å². The molecular formula is C8H8Cl2N2O2S. The van der Waals surface area contributed by atoms with E-state index in [-0.39, 0.29) is 20.9 Å². The number of hydrogen-bond acceptors (Lipinski definition) is 4. The topological polar surface area (TPSA) is 59.1 Å². The molecular weight excluding hydrogens is 259 g/mol. The number of sulfone groups is 1. The highest BCUT2D eigenvalue weighted by molar-refractivity contribution is 7.92. The van der Waals surface area contributed by atoms with Crippen LogP contribution in [-0.4, -0.2) is 25.2 Å². The highest BCUT2D eigenvalue weighted by Gasteiger charge is 2.33. The van der Waals surface area contributed by atoms with Crippen LogP contribution in [0, 0.1) is 0 Å². The number of nitrogens with one attached hydrogen (secondary N) is 1. The Hall–Kier alpha value is -0.520. The second-order valence-electron chi connectivity index (χ2n) is 3.34. The first-order chi connectivity index (χ1) is 6.93. The summed E-state index contributed by atoms with van der Waals surface area (Å²) in [5.74, 6) is 0.241. The first-order valence-electron chi connectivity index (χ1n) is 4.26. The lowest BCUT2D eigenvalue weighted by Gasteiger charge is -2.23. The van der Waals surface area contributed by atoms with E-state index in [0.29, 0.717) is 6.54 Å². The standard InChI is InChI=1S/C8H8Cl2N2O2S/c1-4-3-11-8-7(15(4,13)14)5(9)2-6(10)12-8/h2,4H,3H2,1H3,(H,11,12). The van der Waals surface area contributed by atoms with E-state index >= 15 is 0 Å². The highest BCUT2D eigenvalue weighted by Crippen LogP contribution is 2.35. The lowest BCUT2D eigenvalue weighted by Crippen LogP contribution is -2.32. The van der Waals surface area contributed by atoms with Gasteiger partial charge in [-0.1, -0.05) is 23.2 Å². The molecule has 1 aromatic heterocycles. The van der Waals surface area contributed by atoms with Crippen molar-refractivity contribution < 1.29 is 8.42 Å². The van der Waals surface area contributed by atoms with Gasteiger partial charge in [-0.3, -0.25) is 0 Å². The molecule has 1 aliphatic rings. The van der Waals surface area contributed by atoms with Crippen LogP contribution in [0.3, 0.4) is 0 Å². The van der Waals surface area contributed by atoms with Crippen molar-refractivity contribution in [2.24, 2.45) is 0 Å².